The number of nitrogens with zero attached hydrogens (tertiary/aromatic N) is 1. The van der Waals surface area contributed by atoms with Crippen LogP contribution in [0.3, 0.4) is 0 Å². The van der Waals surface area contributed by atoms with E-state index in [0.717, 1.165) is 5.56 Å². The van der Waals surface area contributed by atoms with Crippen molar-refractivity contribution in [2.75, 3.05) is 25.7 Å². The van der Waals surface area contributed by atoms with Crippen molar-refractivity contribution in [2.24, 2.45) is 0 Å². The summed E-state index contributed by atoms with van der Waals surface area (Å²) < 4.78 is 16.2. The van der Waals surface area contributed by atoms with E-state index >= 15 is 0 Å². The number of methoxy groups -OCH3 is 2. The minimum absolute atomic E-state index is 0.175. The van der Waals surface area contributed by atoms with Gasteiger partial charge in [0.15, 0.2) is 18.1 Å². The molecule has 1 aliphatic rings. The van der Waals surface area contributed by atoms with Crippen molar-refractivity contribution >= 4 is 17.5 Å². The van der Waals surface area contributed by atoms with E-state index in [0.29, 0.717) is 22.9 Å². The van der Waals surface area contributed by atoms with Gasteiger partial charge in [0.2, 0.25) is 0 Å². The molecule has 1 N–H and O–H groups in total. The van der Waals surface area contributed by atoms with Crippen molar-refractivity contribution in [1.82, 2.24) is 5.32 Å². The van der Waals surface area contributed by atoms with Crippen LogP contribution < -0.4 is 24.4 Å². The summed E-state index contributed by atoms with van der Waals surface area (Å²) >= 11 is 0. The van der Waals surface area contributed by atoms with Gasteiger partial charge in [-0.15, -0.1) is 0 Å². The summed E-state index contributed by atoms with van der Waals surface area (Å²) in [4.78, 5) is 27.3. The zero-order valence-electron chi connectivity index (χ0n) is 17.9. The quantitative estimate of drug-likeness (QED) is 0.553. The number of benzene rings is 3. The summed E-state index contributed by atoms with van der Waals surface area (Å²) in [6.45, 7) is -0.175. The SMILES string of the molecule is COc1ccc(N2C(=O)C(NC(=O)COc3ccccc3)C2c2ccccc2)cc1OC. The summed E-state index contributed by atoms with van der Waals surface area (Å²) in [6, 6.07) is 22.9. The lowest BCUT2D eigenvalue weighted by Crippen LogP contribution is -2.66. The topological polar surface area (TPSA) is 77.1 Å². The van der Waals surface area contributed by atoms with Crippen LogP contribution in [-0.4, -0.2) is 38.7 Å². The average molecular weight is 432 g/mol. The van der Waals surface area contributed by atoms with E-state index in [-0.39, 0.29) is 24.5 Å². The first-order valence-corrected chi connectivity index (χ1v) is 10.2. The van der Waals surface area contributed by atoms with Crippen molar-refractivity contribution in [1.29, 1.82) is 0 Å². The third-order valence-electron chi connectivity index (χ3n) is 5.31. The predicted molar refractivity (Wildman–Crippen MR) is 120 cm³/mol. The molecule has 0 aromatic heterocycles. The fraction of sp³-hybridized carbons (Fsp3) is 0.200. The number of nitrogens with one attached hydrogen (secondary N) is 1. The zero-order chi connectivity index (χ0) is 22.5. The van der Waals surface area contributed by atoms with Crippen molar-refractivity contribution in [3.8, 4) is 17.2 Å². The molecular formula is C25H24N2O5. The number of carbonyl (C=O) groups excluding carboxylic acids is 2. The largest absolute Gasteiger partial charge is 0.493 e. The van der Waals surface area contributed by atoms with E-state index in [9.17, 15) is 9.59 Å². The molecule has 0 radical (unpaired) electrons. The molecule has 1 heterocycles. The van der Waals surface area contributed by atoms with Crippen LogP contribution in [0, 0.1) is 0 Å². The van der Waals surface area contributed by atoms with Gasteiger partial charge in [0.05, 0.1) is 20.3 Å². The number of carbonyl (C=O) groups is 2. The fourth-order valence-corrected chi connectivity index (χ4v) is 3.76. The Morgan fingerprint density at radius 1 is 0.906 bits per heavy atom. The molecule has 7 nitrogen and oxygen atoms in total. The van der Waals surface area contributed by atoms with Gasteiger partial charge in [-0.25, -0.2) is 0 Å². The molecule has 0 bridgehead atoms. The van der Waals surface area contributed by atoms with Gasteiger partial charge >= 0.3 is 0 Å². The summed E-state index contributed by atoms with van der Waals surface area (Å²) in [5, 5.41) is 2.82. The summed E-state index contributed by atoms with van der Waals surface area (Å²) in [5.74, 6) is 1.12. The van der Waals surface area contributed by atoms with Crippen molar-refractivity contribution in [2.45, 2.75) is 12.1 Å². The molecule has 0 saturated carbocycles. The van der Waals surface area contributed by atoms with Gasteiger partial charge < -0.3 is 24.4 Å². The summed E-state index contributed by atoms with van der Waals surface area (Å²) in [6.07, 6.45) is 0. The van der Waals surface area contributed by atoms with Crippen molar-refractivity contribution < 1.29 is 23.8 Å². The van der Waals surface area contributed by atoms with E-state index in [1.807, 2.05) is 48.5 Å². The average Bonchev–Trinajstić information content (AvgIpc) is 2.85. The number of β-lactam (4-membered cyclic amide) rings is 1. The molecule has 0 aliphatic carbocycles. The van der Waals surface area contributed by atoms with Gasteiger partial charge in [0.1, 0.15) is 11.8 Å². The minimum atomic E-state index is -0.697. The van der Waals surface area contributed by atoms with Gasteiger partial charge in [-0.3, -0.25) is 9.59 Å². The maximum absolute atomic E-state index is 13.1. The third-order valence-corrected chi connectivity index (χ3v) is 5.31. The fourth-order valence-electron chi connectivity index (χ4n) is 3.76. The number of hydrogen-bond donors (Lipinski definition) is 1. The Bertz CT molecular complexity index is 1090. The van der Waals surface area contributed by atoms with Crippen LogP contribution in [-0.2, 0) is 9.59 Å². The Hall–Kier alpha value is -4.00. The van der Waals surface area contributed by atoms with Crippen molar-refractivity contribution in [3.05, 3.63) is 84.4 Å². The van der Waals surface area contributed by atoms with E-state index in [1.165, 1.54) is 0 Å². The lowest BCUT2D eigenvalue weighted by Gasteiger charge is -2.47. The van der Waals surface area contributed by atoms with Crippen LogP contribution in [0.5, 0.6) is 17.2 Å². The maximum Gasteiger partial charge on any atom is 0.258 e. The van der Waals surface area contributed by atoms with Gasteiger partial charge in [-0.05, 0) is 29.8 Å². The number of ether oxygens (including phenoxy) is 3. The van der Waals surface area contributed by atoms with Gasteiger partial charge in [0.25, 0.3) is 11.8 Å². The standard InChI is InChI=1S/C25H24N2O5/c1-30-20-14-13-18(15-21(20)31-2)27-24(17-9-5-3-6-10-17)23(25(27)29)26-22(28)16-32-19-11-7-4-8-12-19/h3-15,23-24H,16H2,1-2H3,(H,26,28). The molecule has 2 atom stereocenters. The molecular weight excluding hydrogens is 408 g/mol. The summed E-state index contributed by atoms with van der Waals surface area (Å²) in [5.41, 5.74) is 1.57. The van der Waals surface area contributed by atoms with Crippen LogP contribution in [0.1, 0.15) is 11.6 Å². The number of para-hydroxylation sites is 1. The number of rotatable bonds is 8. The highest BCUT2D eigenvalue weighted by Gasteiger charge is 2.49. The molecule has 3 aromatic carbocycles. The second-order valence-corrected chi connectivity index (χ2v) is 7.25. The predicted octanol–water partition coefficient (Wildman–Crippen LogP) is 3.36. The number of anilines is 1. The molecule has 0 spiro atoms. The number of amides is 2. The Kier molecular flexibility index (Phi) is 6.26. The minimum Gasteiger partial charge on any atom is -0.493 e. The van der Waals surface area contributed by atoms with Crippen LogP contribution in [0.4, 0.5) is 5.69 Å². The molecule has 1 saturated heterocycles. The van der Waals surface area contributed by atoms with Crippen molar-refractivity contribution in [3.63, 3.8) is 0 Å². The molecule has 2 unspecified atom stereocenters. The van der Waals surface area contributed by atoms with Crippen LogP contribution in [0.2, 0.25) is 0 Å². The van der Waals surface area contributed by atoms with Crippen LogP contribution in [0.15, 0.2) is 78.9 Å². The Balaban J connectivity index is 1.54. The molecule has 3 aromatic rings. The molecule has 4 rings (SSSR count). The lowest BCUT2D eigenvalue weighted by molar-refractivity contribution is -0.133. The molecule has 2 amide bonds. The van der Waals surface area contributed by atoms with Gasteiger partial charge in [-0.1, -0.05) is 48.5 Å². The highest BCUT2D eigenvalue weighted by Crippen LogP contribution is 2.42. The number of hydrogen-bond acceptors (Lipinski definition) is 5. The van der Waals surface area contributed by atoms with Gasteiger partial charge in [0, 0.05) is 11.8 Å². The van der Waals surface area contributed by atoms with E-state index in [4.69, 9.17) is 14.2 Å². The Morgan fingerprint density at radius 2 is 1.56 bits per heavy atom. The molecule has 1 fully saturated rings. The molecule has 1 aliphatic heterocycles. The first-order chi connectivity index (χ1) is 15.6. The highest BCUT2D eigenvalue weighted by molar-refractivity contribution is 6.07. The first kappa shape index (κ1) is 21.2. The Morgan fingerprint density at radius 3 is 2.22 bits per heavy atom. The van der Waals surface area contributed by atoms with Gasteiger partial charge in [-0.2, -0.15) is 0 Å². The van der Waals surface area contributed by atoms with E-state index < -0.39 is 6.04 Å². The second-order valence-electron chi connectivity index (χ2n) is 7.25. The zero-order valence-corrected chi connectivity index (χ0v) is 17.9. The third kappa shape index (κ3) is 4.23. The smallest absolute Gasteiger partial charge is 0.258 e. The molecule has 164 valence electrons. The van der Waals surface area contributed by atoms with E-state index in [2.05, 4.69) is 5.32 Å². The first-order valence-electron chi connectivity index (χ1n) is 10.2. The highest BCUT2D eigenvalue weighted by atomic mass is 16.5. The maximum atomic E-state index is 13.1. The molecule has 7 heteroatoms. The van der Waals surface area contributed by atoms with Crippen LogP contribution >= 0.6 is 0 Å². The summed E-state index contributed by atoms with van der Waals surface area (Å²) in [7, 11) is 3.10. The molecule has 32 heavy (non-hydrogen) atoms. The second kappa shape index (κ2) is 9.43. The lowest BCUT2D eigenvalue weighted by atomic mass is 9.87. The Labute approximate surface area is 186 Å². The monoisotopic (exact) mass is 432 g/mol. The normalized spacial score (nSPS) is 17.3. The van der Waals surface area contributed by atoms with E-state index in [1.54, 1.807) is 49.5 Å². The van der Waals surface area contributed by atoms with Crippen LogP contribution in [0.25, 0.3) is 0 Å².